The third kappa shape index (κ3) is 6.74. The molecule has 1 aliphatic carbocycles. The van der Waals surface area contributed by atoms with E-state index in [0.717, 1.165) is 36.1 Å². The van der Waals surface area contributed by atoms with Crippen LogP contribution in [0.2, 0.25) is 0 Å². The summed E-state index contributed by atoms with van der Waals surface area (Å²) >= 11 is 0. The largest absolute Gasteiger partial charge is 0.497 e. The van der Waals surface area contributed by atoms with Crippen molar-refractivity contribution in [1.82, 2.24) is 9.80 Å². The van der Waals surface area contributed by atoms with Gasteiger partial charge in [-0.1, -0.05) is 63.6 Å². The summed E-state index contributed by atoms with van der Waals surface area (Å²) in [5.74, 6) is 1.45. The first-order chi connectivity index (χ1) is 18.2. The van der Waals surface area contributed by atoms with E-state index < -0.39 is 6.09 Å². The average molecular weight is 523 g/mol. The van der Waals surface area contributed by atoms with Gasteiger partial charge < -0.3 is 14.4 Å². The highest BCUT2D eigenvalue weighted by atomic mass is 19.1. The van der Waals surface area contributed by atoms with Crippen LogP contribution in [0.5, 0.6) is 5.75 Å². The van der Waals surface area contributed by atoms with Gasteiger partial charge in [-0.15, -0.1) is 0 Å². The smallest absolute Gasteiger partial charge is 0.410 e. The maximum atomic E-state index is 13.7. The van der Waals surface area contributed by atoms with Crippen LogP contribution in [-0.2, 0) is 16.1 Å². The molecule has 2 aliphatic rings. The van der Waals surface area contributed by atoms with Crippen molar-refractivity contribution in [3.05, 3.63) is 77.6 Å². The van der Waals surface area contributed by atoms with Crippen LogP contribution in [0.25, 0.3) is 0 Å². The molecule has 0 saturated heterocycles. The van der Waals surface area contributed by atoms with E-state index in [4.69, 9.17) is 9.47 Å². The Kier molecular flexibility index (Phi) is 9.08. The molecular weight excluding hydrogens is 483 g/mol. The number of carbonyl (C=O) groups excluding carboxylic acids is 2. The number of nitrogens with zero attached hydrogens (tertiary/aromatic N) is 2. The molecule has 204 valence electrons. The van der Waals surface area contributed by atoms with Gasteiger partial charge in [0.2, 0.25) is 5.91 Å². The van der Waals surface area contributed by atoms with Gasteiger partial charge >= 0.3 is 6.09 Å². The number of hydrogen-bond acceptors (Lipinski definition) is 4. The lowest BCUT2D eigenvalue weighted by atomic mass is 9.75. The molecule has 0 bridgehead atoms. The minimum atomic E-state index is -0.447. The molecule has 1 aliphatic heterocycles. The van der Waals surface area contributed by atoms with Gasteiger partial charge in [0.1, 0.15) is 24.2 Å². The molecule has 4 atom stereocenters. The van der Waals surface area contributed by atoms with E-state index in [1.165, 1.54) is 17.0 Å². The molecule has 0 N–H and O–H groups in total. The highest BCUT2D eigenvalue weighted by Crippen LogP contribution is 2.36. The third-order valence-corrected chi connectivity index (χ3v) is 7.82. The van der Waals surface area contributed by atoms with Crippen molar-refractivity contribution in [2.45, 2.75) is 58.7 Å². The van der Waals surface area contributed by atoms with Gasteiger partial charge in [0.15, 0.2) is 0 Å². The van der Waals surface area contributed by atoms with Gasteiger partial charge in [-0.05, 0) is 66.0 Å². The lowest BCUT2D eigenvalue weighted by molar-refractivity contribution is -0.134. The van der Waals surface area contributed by atoms with Gasteiger partial charge in [0.25, 0.3) is 0 Å². The van der Waals surface area contributed by atoms with Gasteiger partial charge in [-0.2, -0.15) is 0 Å². The molecule has 2 aromatic carbocycles. The normalized spacial score (nSPS) is 25.1. The van der Waals surface area contributed by atoms with Gasteiger partial charge in [-0.25, -0.2) is 9.18 Å². The fourth-order valence-electron chi connectivity index (χ4n) is 5.55. The van der Waals surface area contributed by atoms with Gasteiger partial charge in [0.05, 0.1) is 13.2 Å². The molecule has 6 nitrogen and oxygen atoms in total. The minimum Gasteiger partial charge on any atom is -0.497 e. The Morgan fingerprint density at radius 3 is 2.45 bits per heavy atom. The van der Waals surface area contributed by atoms with E-state index in [9.17, 15) is 14.0 Å². The molecule has 38 heavy (non-hydrogen) atoms. The Hall–Kier alpha value is -3.35. The maximum absolute atomic E-state index is 13.7. The van der Waals surface area contributed by atoms with Crippen molar-refractivity contribution in [1.29, 1.82) is 0 Å². The van der Waals surface area contributed by atoms with E-state index in [-0.39, 0.29) is 43.5 Å². The topological polar surface area (TPSA) is 59.1 Å². The first-order valence-electron chi connectivity index (χ1n) is 13.5. The summed E-state index contributed by atoms with van der Waals surface area (Å²) in [6.07, 6.45) is 6.32. The van der Waals surface area contributed by atoms with Crippen molar-refractivity contribution in [3.63, 3.8) is 0 Å². The van der Waals surface area contributed by atoms with Crippen molar-refractivity contribution in [3.8, 4) is 5.75 Å². The molecule has 7 heteroatoms. The molecule has 0 aromatic heterocycles. The first kappa shape index (κ1) is 27.7. The molecule has 4 rings (SSSR count). The zero-order valence-corrected chi connectivity index (χ0v) is 22.8. The molecule has 1 saturated carbocycles. The highest BCUT2D eigenvalue weighted by molar-refractivity contribution is 5.83. The van der Waals surface area contributed by atoms with Crippen molar-refractivity contribution >= 4 is 12.0 Å². The quantitative estimate of drug-likeness (QED) is 0.414. The molecule has 1 heterocycles. The second kappa shape index (κ2) is 12.5. The molecule has 0 spiro atoms. The first-order valence-corrected chi connectivity index (χ1v) is 13.5. The molecule has 0 radical (unpaired) electrons. The summed E-state index contributed by atoms with van der Waals surface area (Å²) in [6.45, 7) is 7.03. The van der Waals surface area contributed by atoms with Crippen LogP contribution >= 0.6 is 0 Å². The lowest BCUT2D eigenvalue weighted by Crippen LogP contribution is -2.47. The van der Waals surface area contributed by atoms with Crippen molar-refractivity contribution in [2.75, 3.05) is 20.2 Å². The summed E-state index contributed by atoms with van der Waals surface area (Å²) in [5.41, 5.74) is 1.72. The summed E-state index contributed by atoms with van der Waals surface area (Å²) in [7, 11) is 1.61. The Balaban J connectivity index is 1.57. The van der Waals surface area contributed by atoms with Crippen LogP contribution in [0.1, 0.15) is 57.2 Å². The number of halogens is 1. The Morgan fingerprint density at radius 2 is 1.79 bits per heavy atom. The van der Waals surface area contributed by atoms with Gasteiger partial charge in [0, 0.05) is 13.1 Å². The summed E-state index contributed by atoms with van der Waals surface area (Å²) in [4.78, 5) is 30.3. The fraction of sp³-hybridized carbons (Fsp3) is 0.484. The predicted octanol–water partition coefficient (Wildman–Crippen LogP) is 6.37. The lowest BCUT2D eigenvalue weighted by Gasteiger charge is -2.38. The summed E-state index contributed by atoms with van der Waals surface area (Å²) in [5, 5.41) is 0. The molecule has 1 fully saturated rings. The summed E-state index contributed by atoms with van der Waals surface area (Å²) in [6, 6.07) is 13.4. The standard InChI is InChI=1S/C31H39FN2O4/c1-21(2)27-16-7-22(3)18-29(27)38-31(36)33-17-5-6-28(24-10-14-26(37-4)15-11-24)34(30(35)20-33)19-23-8-12-25(32)13-9-23/h5-6,8-15,21-22,27-29H,7,16-20H2,1-4H3/b6-5-/t22-,27+,28+,29-/m0/s1. The second-order valence-corrected chi connectivity index (χ2v) is 10.9. The second-order valence-electron chi connectivity index (χ2n) is 10.9. The molecule has 2 aromatic rings. The van der Waals surface area contributed by atoms with Gasteiger partial charge in [-0.3, -0.25) is 9.69 Å². The molecule has 0 unspecified atom stereocenters. The number of methoxy groups -OCH3 is 1. The van der Waals surface area contributed by atoms with E-state index in [1.54, 1.807) is 24.1 Å². The van der Waals surface area contributed by atoms with Crippen LogP contribution in [0.3, 0.4) is 0 Å². The summed E-state index contributed by atoms with van der Waals surface area (Å²) < 4.78 is 24.9. The minimum absolute atomic E-state index is 0.0916. The molecular formula is C31H39FN2O4. The van der Waals surface area contributed by atoms with Crippen LogP contribution in [-0.4, -0.2) is 48.1 Å². The van der Waals surface area contributed by atoms with Crippen molar-refractivity contribution < 1.29 is 23.5 Å². The number of ether oxygens (including phenoxy) is 2. The SMILES string of the molecule is COc1ccc([C@H]2/C=C\CN(C(=O)O[C@H]3C[C@@H](C)CC[C@@H]3C(C)C)CC(=O)N2Cc2ccc(F)cc2)cc1. The van der Waals surface area contributed by atoms with E-state index in [1.807, 2.05) is 36.4 Å². The van der Waals surface area contributed by atoms with Crippen LogP contribution in [0, 0.1) is 23.6 Å². The van der Waals surface area contributed by atoms with Crippen molar-refractivity contribution in [2.24, 2.45) is 17.8 Å². The fourth-order valence-corrected chi connectivity index (χ4v) is 5.55. The average Bonchev–Trinajstić information content (AvgIpc) is 2.89. The Labute approximate surface area is 225 Å². The number of hydrogen-bond donors (Lipinski definition) is 0. The zero-order chi connectivity index (χ0) is 27.2. The maximum Gasteiger partial charge on any atom is 0.410 e. The zero-order valence-electron chi connectivity index (χ0n) is 22.8. The monoisotopic (exact) mass is 522 g/mol. The van der Waals surface area contributed by atoms with E-state index >= 15 is 0 Å². The van der Waals surface area contributed by atoms with E-state index in [2.05, 4.69) is 20.8 Å². The van der Waals surface area contributed by atoms with Crippen LogP contribution < -0.4 is 4.74 Å². The Morgan fingerprint density at radius 1 is 1.08 bits per heavy atom. The predicted molar refractivity (Wildman–Crippen MR) is 145 cm³/mol. The number of benzene rings is 2. The number of carbonyl (C=O) groups is 2. The van der Waals surface area contributed by atoms with Crippen LogP contribution in [0.4, 0.5) is 9.18 Å². The third-order valence-electron chi connectivity index (χ3n) is 7.82. The number of amides is 2. The number of rotatable bonds is 6. The highest BCUT2D eigenvalue weighted by Gasteiger charge is 2.35. The molecule has 2 amide bonds. The Bertz CT molecular complexity index is 1120. The van der Waals surface area contributed by atoms with Crippen LogP contribution in [0.15, 0.2) is 60.7 Å². The van der Waals surface area contributed by atoms with E-state index in [0.29, 0.717) is 17.8 Å².